The molecule has 0 saturated carbocycles. The summed E-state index contributed by atoms with van der Waals surface area (Å²) in [5, 5.41) is 0.864. The Kier molecular flexibility index (Phi) is 5.60. The van der Waals surface area contributed by atoms with Gasteiger partial charge >= 0.3 is 0 Å². The number of rotatable bonds is 5. The molecule has 0 N–H and O–H groups in total. The van der Waals surface area contributed by atoms with Gasteiger partial charge in [-0.15, -0.1) is 0 Å². The first-order chi connectivity index (χ1) is 12.1. The lowest BCUT2D eigenvalue weighted by Crippen LogP contribution is -2.54. The largest absolute Gasteiger partial charge is 0.375 e. The summed E-state index contributed by atoms with van der Waals surface area (Å²) in [6.45, 7) is 4.24. The van der Waals surface area contributed by atoms with Crippen LogP contribution in [0.15, 0.2) is 24.3 Å². The monoisotopic (exact) mass is 364 g/mol. The Bertz CT molecular complexity index is 722. The van der Waals surface area contributed by atoms with Crippen molar-refractivity contribution < 1.29 is 13.9 Å². The highest BCUT2D eigenvalue weighted by atomic mass is 32.1. The number of methoxy groups -OCH3 is 1. The molecule has 25 heavy (non-hydrogen) atoms. The van der Waals surface area contributed by atoms with Gasteiger partial charge < -0.3 is 14.5 Å². The lowest BCUT2D eigenvalue weighted by atomic mass is 10.1. The smallest absolute Gasteiger partial charge is 0.248 e. The third-order valence-corrected chi connectivity index (χ3v) is 5.03. The van der Waals surface area contributed by atoms with Crippen LogP contribution in [-0.4, -0.2) is 59.6 Å². The van der Waals surface area contributed by atoms with Crippen molar-refractivity contribution in [3.63, 3.8) is 0 Å². The summed E-state index contributed by atoms with van der Waals surface area (Å²) in [7, 11) is 1.53. The first kappa shape index (κ1) is 17.8. The van der Waals surface area contributed by atoms with Crippen molar-refractivity contribution in [2.75, 3.05) is 38.3 Å². The van der Waals surface area contributed by atoms with Crippen LogP contribution in [0.3, 0.4) is 0 Å². The zero-order valence-corrected chi connectivity index (χ0v) is 15.1. The van der Waals surface area contributed by atoms with Crippen molar-refractivity contribution in [3.05, 3.63) is 41.5 Å². The summed E-state index contributed by atoms with van der Waals surface area (Å²) >= 11 is 1.36. The number of hydrogen-bond acceptors (Lipinski definition) is 6. The fourth-order valence-electron chi connectivity index (χ4n) is 2.94. The SMILES string of the molecule is COCC(=O)N1CCN(c2nc(Cc3ccc(F)cc3)ns2)CC1C. The Morgan fingerprint density at radius 2 is 2.12 bits per heavy atom. The van der Waals surface area contributed by atoms with E-state index in [0.717, 1.165) is 29.6 Å². The van der Waals surface area contributed by atoms with E-state index >= 15 is 0 Å². The Labute approximate surface area is 150 Å². The molecule has 1 atom stereocenters. The van der Waals surface area contributed by atoms with Gasteiger partial charge in [0.2, 0.25) is 11.0 Å². The van der Waals surface area contributed by atoms with Gasteiger partial charge in [0.15, 0.2) is 0 Å². The molecule has 1 aromatic carbocycles. The van der Waals surface area contributed by atoms with E-state index in [0.29, 0.717) is 13.0 Å². The molecule has 0 radical (unpaired) electrons. The summed E-state index contributed by atoms with van der Waals surface area (Å²) in [6.07, 6.45) is 0.582. The normalized spacial score (nSPS) is 17.8. The van der Waals surface area contributed by atoms with Crippen LogP contribution in [0.4, 0.5) is 9.52 Å². The van der Waals surface area contributed by atoms with Crippen molar-refractivity contribution >= 4 is 22.6 Å². The molecule has 1 fully saturated rings. The highest BCUT2D eigenvalue weighted by Gasteiger charge is 2.28. The predicted molar refractivity (Wildman–Crippen MR) is 94.4 cm³/mol. The molecule has 1 aromatic heterocycles. The standard InChI is InChI=1S/C17H21FN4O2S/c1-12-10-21(7-8-22(12)16(23)11-24-2)17-19-15(20-25-17)9-13-3-5-14(18)6-4-13/h3-6,12H,7-11H2,1-2H3. The summed E-state index contributed by atoms with van der Waals surface area (Å²) in [4.78, 5) is 20.6. The molecule has 2 heterocycles. The molecule has 1 unspecified atom stereocenters. The molecule has 2 aromatic rings. The van der Waals surface area contributed by atoms with Crippen LogP contribution in [0.2, 0.25) is 0 Å². The summed E-state index contributed by atoms with van der Waals surface area (Å²) in [5.41, 5.74) is 0.981. The van der Waals surface area contributed by atoms with E-state index in [4.69, 9.17) is 4.74 Å². The first-order valence-electron chi connectivity index (χ1n) is 8.17. The second-order valence-electron chi connectivity index (χ2n) is 6.11. The third-order valence-electron chi connectivity index (χ3n) is 4.22. The van der Waals surface area contributed by atoms with E-state index < -0.39 is 0 Å². The maximum atomic E-state index is 13.0. The quantitative estimate of drug-likeness (QED) is 0.812. The molecular weight excluding hydrogens is 343 g/mol. The van der Waals surface area contributed by atoms with Crippen LogP contribution in [-0.2, 0) is 16.0 Å². The molecule has 134 valence electrons. The lowest BCUT2D eigenvalue weighted by Gasteiger charge is -2.39. The van der Waals surface area contributed by atoms with Gasteiger partial charge in [-0.05, 0) is 24.6 Å². The average molecular weight is 364 g/mol. The Morgan fingerprint density at radius 3 is 2.80 bits per heavy atom. The number of anilines is 1. The first-order valence-corrected chi connectivity index (χ1v) is 8.94. The summed E-state index contributed by atoms with van der Waals surface area (Å²) in [6, 6.07) is 6.48. The highest BCUT2D eigenvalue weighted by Crippen LogP contribution is 2.22. The molecular formula is C17H21FN4O2S. The number of benzene rings is 1. The van der Waals surface area contributed by atoms with Crippen molar-refractivity contribution in [1.29, 1.82) is 0 Å². The van der Waals surface area contributed by atoms with E-state index in [1.165, 1.54) is 30.8 Å². The van der Waals surface area contributed by atoms with Crippen molar-refractivity contribution in [2.45, 2.75) is 19.4 Å². The number of aromatic nitrogens is 2. The molecule has 1 aliphatic heterocycles. The van der Waals surface area contributed by atoms with E-state index in [-0.39, 0.29) is 24.4 Å². The fraction of sp³-hybridized carbons (Fsp3) is 0.471. The predicted octanol–water partition coefficient (Wildman–Crippen LogP) is 1.95. The van der Waals surface area contributed by atoms with E-state index in [2.05, 4.69) is 14.3 Å². The van der Waals surface area contributed by atoms with Crippen molar-refractivity contribution in [1.82, 2.24) is 14.3 Å². The highest BCUT2D eigenvalue weighted by molar-refractivity contribution is 7.09. The van der Waals surface area contributed by atoms with E-state index in [9.17, 15) is 9.18 Å². The Hall–Kier alpha value is -2.06. The number of amides is 1. The maximum Gasteiger partial charge on any atom is 0.248 e. The number of carbonyl (C=O) groups excluding carboxylic acids is 1. The zero-order valence-electron chi connectivity index (χ0n) is 14.3. The summed E-state index contributed by atoms with van der Waals surface area (Å²) in [5.74, 6) is 0.506. The van der Waals surface area contributed by atoms with Crippen molar-refractivity contribution in [2.24, 2.45) is 0 Å². The molecule has 0 aliphatic carbocycles. The molecule has 1 aliphatic rings. The van der Waals surface area contributed by atoms with Crippen LogP contribution in [0.1, 0.15) is 18.3 Å². The minimum atomic E-state index is -0.245. The number of piperazine rings is 1. The van der Waals surface area contributed by atoms with Crippen LogP contribution >= 0.6 is 11.5 Å². The van der Waals surface area contributed by atoms with Gasteiger partial charge in [0.1, 0.15) is 18.2 Å². The molecule has 6 nitrogen and oxygen atoms in total. The zero-order chi connectivity index (χ0) is 17.8. The van der Waals surface area contributed by atoms with Gasteiger partial charge in [-0.2, -0.15) is 4.37 Å². The van der Waals surface area contributed by atoms with Crippen LogP contribution in [0.5, 0.6) is 0 Å². The minimum absolute atomic E-state index is 0.0175. The molecule has 1 amide bonds. The van der Waals surface area contributed by atoms with Gasteiger partial charge in [0.05, 0.1) is 0 Å². The van der Waals surface area contributed by atoms with Gasteiger partial charge in [-0.1, -0.05) is 12.1 Å². The second-order valence-corrected chi connectivity index (χ2v) is 6.84. The molecule has 8 heteroatoms. The van der Waals surface area contributed by atoms with Gasteiger partial charge in [-0.25, -0.2) is 9.37 Å². The minimum Gasteiger partial charge on any atom is -0.375 e. The van der Waals surface area contributed by atoms with Crippen LogP contribution in [0, 0.1) is 5.82 Å². The number of nitrogens with zero attached hydrogens (tertiary/aromatic N) is 4. The fourth-order valence-corrected chi connectivity index (χ4v) is 3.66. The van der Waals surface area contributed by atoms with Crippen molar-refractivity contribution in [3.8, 4) is 0 Å². The number of hydrogen-bond donors (Lipinski definition) is 0. The number of ether oxygens (including phenoxy) is 1. The van der Waals surface area contributed by atoms with Crippen LogP contribution < -0.4 is 4.90 Å². The Balaban J connectivity index is 1.61. The van der Waals surface area contributed by atoms with Crippen LogP contribution in [0.25, 0.3) is 0 Å². The maximum absolute atomic E-state index is 13.0. The second kappa shape index (κ2) is 7.88. The summed E-state index contributed by atoms with van der Waals surface area (Å²) < 4.78 is 22.3. The Morgan fingerprint density at radius 1 is 1.36 bits per heavy atom. The van der Waals surface area contributed by atoms with Gasteiger partial charge in [0.25, 0.3) is 0 Å². The number of carbonyl (C=O) groups is 1. The van der Waals surface area contributed by atoms with E-state index in [1.807, 2.05) is 11.8 Å². The molecule has 1 saturated heterocycles. The number of halogens is 1. The molecule has 0 spiro atoms. The molecule has 3 rings (SSSR count). The van der Waals surface area contributed by atoms with E-state index in [1.54, 1.807) is 12.1 Å². The van der Waals surface area contributed by atoms with Gasteiger partial charge in [-0.3, -0.25) is 4.79 Å². The lowest BCUT2D eigenvalue weighted by molar-refractivity contribution is -0.137. The topological polar surface area (TPSA) is 58.6 Å². The van der Waals surface area contributed by atoms with Gasteiger partial charge in [0, 0.05) is 50.7 Å². The molecule has 0 bridgehead atoms. The third kappa shape index (κ3) is 4.32. The average Bonchev–Trinajstić information content (AvgIpc) is 3.05.